The molecule has 2 heterocycles. The zero-order valence-corrected chi connectivity index (χ0v) is 17.4. The first-order valence-electron chi connectivity index (χ1n) is 9.06. The van der Waals surface area contributed by atoms with E-state index in [1.54, 1.807) is 16.7 Å². The van der Waals surface area contributed by atoms with Gasteiger partial charge in [-0.05, 0) is 31.4 Å². The summed E-state index contributed by atoms with van der Waals surface area (Å²) in [6, 6.07) is 7.77. The van der Waals surface area contributed by atoms with E-state index in [2.05, 4.69) is 29.4 Å². The van der Waals surface area contributed by atoms with Crippen LogP contribution in [0.4, 0.5) is 10.8 Å². The van der Waals surface area contributed by atoms with E-state index in [0.29, 0.717) is 17.6 Å². The number of benzene rings is 1. The van der Waals surface area contributed by atoms with Crippen LogP contribution in [0.2, 0.25) is 0 Å². The van der Waals surface area contributed by atoms with Crippen molar-refractivity contribution in [1.29, 1.82) is 0 Å². The van der Waals surface area contributed by atoms with Crippen molar-refractivity contribution in [2.24, 2.45) is 11.8 Å². The highest BCUT2D eigenvalue weighted by atomic mass is 32.2. The zero-order valence-electron chi connectivity index (χ0n) is 15.8. The molecule has 1 N–H and O–H groups in total. The van der Waals surface area contributed by atoms with Gasteiger partial charge in [0.05, 0.1) is 5.92 Å². The lowest BCUT2D eigenvalue weighted by Crippen LogP contribution is -2.28. The summed E-state index contributed by atoms with van der Waals surface area (Å²) in [5.74, 6) is 1.07. The van der Waals surface area contributed by atoms with Crippen LogP contribution in [0.25, 0.3) is 0 Å². The molecule has 2 aromatic rings. The molecule has 1 aromatic carbocycles. The number of hydrogen-bond donors (Lipinski definition) is 1. The number of carbonyl (C=O) groups is 2. The van der Waals surface area contributed by atoms with Gasteiger partial charge in [-0.15, -0.1) is 10.2 Å². The molecule has 6 nitrogen and oxygen atoms in total. The Morgan fingerprint density at radius 3 is 2.78 bits per heavy atom. The van der Waals surface area contributed by atoms with Gasteiger partial charge in [0.25, 0.3) is 0 Å². The minimum absolute atomic E-state index is 0.0267. The van der Waals surface area contributed by atoms with Crippen LogP contribution in [-0.4, -0.2) is 34.3 Å². The molecular weight excluding hydrogens is 380 g/mol. The second-order valence-electron chi connectivity index (χ2n) is 7.13. The number of amides is 2. The molecule has 144 valence electrons. The maximum atomic E-state index is 12.5. The third-order valence-corrected chi connectivity index (χ3v) is 6.40. The van der Waals surface area contributed by atoms with Crippen LogP contribution in [0.3, 0.4) is 0 Å². The highest BCUT2D eigenvalue weighted by molar-refractivity contribution is 8.01. The number of aryl methyl sites for hydroxylation is 1. The third kappa shape index (κ3) is 5.29. The summed E-state index contributed by atoms with van der Waals surface area (Å²) in [7, 11) is 0. The van der Waals surface area contributed by atoms with E-state index >= 15 is 0 Å². The van der Waals surface area contributed by atoms with Gasteiger partial charge >= 0.3 is 0 Å². The predicted octanol–water partition coefficient (Wildman–Crippen LogP) is 3.98. The largest absolute Gasteiger partial charge is 0.312 e. The minimum atomic E-state index is -0.375. The van der Waals surface area contributed by atoms with E-state index in [1.165, 1.54) is 11.3 Å². The van der Waals surface area contributed by atoms with Gasteiger partial charge in [-0.1, -0.05) is 54.6 Å². The molecule has 1 aromatic heterocycles. The lowest BCUT2D eigenvalue weighted by molar-refractivity contribution is -0.122. The molecular formula is C19H24N4O2S2. The van der Waals surface area contributed by atoms with Crippen LogP contribution >= 0.6 is 23.1 Å². The smallest absolute Gasteiger partial charge is 0.231 e. The lowest BCUT2D eigenvalue weighted by atomic mass is 10.1. The average Bonchev–Trinajstić information content (AvgIpc) is 3.22. The SMILES string of the molecule is Cc1ccc(N2C[C@H](C(=O)Nc3nnc(SCCC(C)C)s3)CC2=O)cc1. The van der Waals surface area contributed by atoms with Gasteiger partial charge in [0.15, 0.2) is 4.34 Å². The van der Waals surface area contributed by atoms with E-state index < -0.39 is 0 Å². The molecule has 27 heavy (non-hydrogen) atoms. The van der Waals surface area contributed by atoms with Gasteiger partial charge in [-0.3, -0.25) is 9.59 Å². The number of rotatable bonds is 7. The zero-order chi connectivity index (χ0) is 19.4. The summed E-state index contributed by atoms with van der Waals surface area (Å²) in [5.41, 5.74) is 1.97. The van der Waals surface area contributed by atoms with E-state index in [9.17, 15) is 9.59 Å². The number of thioether (sulfide) groups is 1. The van der Waals surface area contributed by atoms with Crippen molar-refractivity contribution in [3.05, 3.63) is 29.8 Å². The number of nitrogens with zero attached hydrogens (tertiary/aromatic N) is 3. The molecule has 1 aliphatic rings. The summed E-state index contributed by atoms with van der Waals surface area (Å²) in [4.78, 5) is 26.5. The molecule has 1 atom stereocenters. The van der Waals surface area contributed by atoms with Crippen molar-refractivity contribution in [1.82, 2.24) is 10.2 Å². The van der Waals surface area contributed by atoms with Crippen molar-refractivity contribution in [2.75, 3.05) is 22.5 Å². The average molecular weight is 405 g/mol. The van der Waals surface area contributed by atoms with Crippen molar-refractivity contribution in [2.45, 2.75) is 38.0 Å². The van der Waals surface area contributed by atoms with E-state index in [1.807, 2.05) is 31.2 Å². The van der Waals surface area contributed by atoms with Gasteiger partial charge in [0, 0.05) is 24.4 Å². The Morgan fingerprint density at radius 1 is 1.33 bits per heavy atom. The maximum Gasteiger partial charge on any atom is 0.231 e. The van der Waals surface area contributed by atoms with E-state index in [-0.39, 0.29) is 24.2 Å². The van der Waals surface area contributed by atoms with Crippen molar-refractivity contribution in [3.63, 3.8) is 0 Å². The Morgan fingerprint density at radius 2 is 2.07 bits per heavy atom. The Hall–Kier alpha value is -1.93. The number of carbonyl (C=O) groups excluding carboxylic acids is 2. The fourth-order valence-electron chi connectivity index (χ4n) is 2.77. The van der Waals surface area contributed by atoms with E-state index in [4.69, 9.17) is 0 Å². The summed E-state index contributed by atoms with van der Waals surface area (Å²) in [6.45, 7) is 6.77. The highest BCUT2D eigenvalue weighted by Crippen LogP contribution is 2.29. The Bertz CT molecular complexity index is 804. The second-order valence-corrected chi connectivity index (χ2v) is 9.45. The normalized spacial score (nSPS) is 17.0. The summed E-state index contributed by atoms with van der Waals surface area (Å²) < 4.78 is 0.856. The fraction of sp³-hybridized carbons (Fsp3) is 0.474. The molecule has 8 heteroatoms. The van der Waals surface area contributed by atoms with Gasteiger partial charge in [-0.25, -0.2) is 0 Å². The minimum Gasteiger partial charge on any atom is -0.312 e. The summed E-state index contributed by atoms with van der Waals surface area (Å²) >= 11 is 3.04. The molecule has 0 radical (unpaired) electrons. The summed E-state index contributed by atoms with van der Waals surface area (Å²) in [6.07, 6.45) is 1.33. The van der Waals surface area contributed by atoms with E-state index in [0.717, 1.165) is 27.8 Å². The number of nitrogens with one attached hydrogen (secondary N) is 1. The standard InChI is InChI=1S/C19H24N4O2S2/c1-12(2)8-9-26-19-22-21-18(27-19)20-17(25)14-10-16(24)23(11-14)15-6-4-13(3)5-7-15/h4-7,12,14H,8-11H2,1-3H3,(H,20,21,25)/t14-/m1/s1. The van der Waals surface area contributed by atoms with Crippen molar-refractivity contribution >= 4 is 45.7 Å². The lowest BCUT2D eigenvalue weighted by Gasteiger charge is -2.16. The Labute approximate surface area is 167 Å². The second kappa shape index (κ2) is 8.84. The third-order valence-electron chi connectivity index (χ3n) is 4.40. The van der Waals surface area contributed by atoms with Crippen LogP contribution in [0, 0.1) is 18.8 Å². The van der Waals surface area contributed by atoms with Gasteiger partial charge in [-0.2, -0.15) is 0 Å². The maximum absolute atomic E-state index is 12.5. The molecule has 1 fully saturated rings. The molecule has 1 saturated heterocycles. The molecule has 0 spiro atoms. The molecule has 0 saturated carbocycles. The molecule has 2 amide bonds. The van der Waals surface area contributed by atoms with Crippen LogP contribution < -0.4 is 10.2 Å². The van der Waals surface area contributed by atoms with Gasteiger partial charge in [0.1, 0.15) is 0 Å². The number of aromatic nitrogens is 2. The van der Waals surface area contributed by atoms with Gasteiger partial charge < -0.3 is 10.2 Å². The fourth-order valence-corrected chi connectivity index (χ4v) is 4.83. The molecule has 1 aliphatic heterocycles. The first-order valence-corrected chi connectivity index (χ1v) is 10.9. The number of hydrogen-bond acceptors (Lipinski definition) is 6. The Balaban J connectivity index is 1.55. The molecule has 0 aliphatic carbocycles. The first-order chi connectivity index (χ1) is 12.9. The summed E-state index contributed by atoms with van der Waals surface area (Å²) in [5, 5.41) is 11.5. The quantitative estimate of drug-likeness (QED) is 0.558. The highest BCUT2D eigenvalue weighted by Gasteiger charge is 2.35. The van der Waals surface area contributed by atoms with Crippen molar-refractivity contribution < 1.29 is 9.59 Å². The number of anilines is 2. The van der Waals surface area contributed by atoms with Crippen LogP contribution in [-0.2, 0) is 9.59 Å². The van der Waals surface area contributed by atoms with Crippen LogP contribution in [0.5, 0.6) is 0 Å². The topological polar surface area (TPSA) is 75.2 Å². The molecule has 0 bridgehead atoms. The Kier molecular flexibility index (Phi) is 6.49. The predicted molar refractivity (Wildman–Crippen MR) is 110 cm³/mol. The molecule has 3 rings (SSSR count). The molecule has 0 unspecified atom stereocenters. The van der Waals surface area contributed by atoms with Crippen LogP contribution in [0.1, 0.15) is 32.3 Å². The van der Waals surface area contributed by atoms with Gasteiger partial charge in [0.2, 0.25) is 16.9 Å². The van der Waals surface area contributed by atoms with Crippen LogP contribution in [0.15, 0.2) is 28.6 Å². The first kappa shape index (κ1) is 19.8. The monoisotopic (exact) mass is 404 g/mol. The van der Waals surface area contributed by atoms with Crippen molar-refractivity contribution in [3.8, 4) is 0 Å².